The summed E-state index contributed by atoms with van der Waals surface area (Å²) in [7, 11) is 0. The molecule has 4 nitrogen and oxygen atoms in total. The van der Waals surface area contributed by atoms with Crippen LogP contribution in [0.3, 0.4) is 0 Å². The highest BCUT2D eigenvalue weighted by Gasteiger charge is 2.18. The van der Waals surface area contributed by atoms with Gasteiger partial charge in [-0.1, -0.05) is 25.4 Å². The Balaban J connectivity index is 2.05. The average Bonchev–Trinajstić information content (AvgIpc) is 2.43. The van der Waals surface area contributed by atoms with Gasteiger partial charge in [-0.3, -0.25) is 4.79 Å². The summed E-state index contributed by atoms with van der Waals surface area (Å²) in [6.07, 6.45) is 1.22. The second-order valence-electron chi connectivity index (χ2n) is 5.16. The molecule has 108 valence electrons. The first kappa shape index (κ1) is 14.9. The minimum absolute atomic E-state index is 0.103. The van der Waals surface area contributed by atoms with Crippen molar-refractivity contribution in [3.05, 3.63) is 34.4 Å². The molecule has 2 rings (SSSR count). The fraction of sp³-hybridized carbons (Fsp3) is 0.400. The predicted molar refractivity (Wildman–Crippen MR) is 78.8 cm³/mol. The van der Waals surface area contributed by atoms with Crippen LogP contribution in [0.5, 0.6) is 5.75 Å². The fourth-order valence-corrected chi connectivity index (χ4v) is 2.01. The monoisotopic (exact) mass is 295 g/mol. The van der Waals surface area contributed by atoms with Gasteiger partial charge in [-0.25, -0.2) is 0 Å². The van der Waals surface area contributed by atoms with Crippen molar-refractivity contribution in [1.82, 2.24) is 5.32 Å². The molecule has 0 spiro atoms. The zero-order chi connectivity index (χ0) is 14.7. The van der Waals surface area contributed by atoms with Crippen molar-refractivity contribution in [2.24, 2.45) is 5.92 Å². The van der Waals surface area contributed by atoms with E-state index in [0.29, 0.717) is 16.3 Å². The van der Waals surface area contributed by atoms with Gasteiger partial charge in [0, 0.05) is 17.1 Å². The van der Waals surface area contributed by atoms with E-state index in [2.05, 4.69) is 5.32 Å². The number of rotatable bonds is 4. The molecule has 1 heterocycles. The lowest BCUT2D eigenvalue weighted by molar-refractivity contribution is -0.118. The maximum Gasteiger partial charge on any atom is 0.250 e. The highest BCUT2D eigenvalue weighted by atomic mass is 35.5. The first-order valence-corrected chi connectivity index (χ1v) is 6.94. The van der Waals surface area contributed by atoms with E-state index in [1.54, 1.807) is 24.3 Å². The number of carbonyl (C=O) groups excluding carboxylic acids is 1. The number of ether oxygens (including phenoxy) is 1. The number of fused-ring (bicyclic) bond motifs is 1. The molecule has 5 heteroatoms. The largest absolute Gasteiger partial charge is 0.488 e. The highest BCUT2D eigenvalue weighted by Crippen LogP contribution is 2.28. The predicted octanol–water partition coefficient (Wildman–Crippen LogP) is 2.25. The van der Waals surface area contributed by atoms with Crippen LogP contribution in [0.4, 0.5) is 0 Å². The molecule has 0 fully saturated rings. The molecule has 1 aliphatic heterocycles. The van der Waals surface area contributed by atoms with E-state index >= 15 is 0 Å². The second-order valence-corrected chi connectivity index (χ2v) is 5.60. The van der Waals surface area contributed by atoms with Crippen molar-refractivity contribution >= 4 is 23.6 Å². The van der Waals surface area contributed by atoms with Crippen LogP contribution in [0.1, 0.15) is 19.4 Å². The van der Waals surface area contributed by atoms with Crippen LogP contribution >= 0.6 is 11.6 Å². The molecule has 0 saturated heterocycles. The normalized spacial score (nSPS) is 15.2. The summed E-state index contributed by atoms with van der Waals surface area (Å²) in [5.41, 5.74) is 1.31. The van der Waals surface area contributed by atoms with Crippen LogP contribution in [-0.2, 0) is 4.79 Å². The van der Waals surface area contributed by atoms with Gasteiger partial charge in [0.2, 0.25) is 0 Å². The van der Waals surface area contributed by atoms with Gasteiger partial charge in [-0.05, 0) is 30.2 Å². The average molecular weight is 296 g/mol. The summed E-state index contributed by atoms with van der Waals surface area (Å²) >= 11 is 5.92. The van der Waals surface area contributed by atoms with Crippen molar-refractivity contribution in [2.75, 3.05) is 13.2 Å². The number of nitrogens with one attached hydrogen (secondary N) is 1. The maximum atomic E-state index is 12.0. The first-order chi connectivity index (χ1) is 9.47. The van der Waals surface area contributed by atoms with Gasteiger partial charge in [0.15, 0.2) is 0 Å². The summed E-state index contributed by atoms with van der Waals surface area (Å²) in [5, 5.41) is 13.0. The second kappa shape index (κ2) is 6.29. The van der Waals surface area contributed by atoms with E-state index in [1.165, 1.54) is 0 Å². The zero-order valence-corrected chi connectivity index (χ0v) is 12.3. The highest BCUT2D eigenvalue weighted by molar-refractivity contribution is 6.30. The molecule has 0 bridgehead atoms. The molecule has 1 unspecified atom stereocenters. The molecule has 0 radical (unpaired) electrons. The molecule has 1 atom stereocenters. The Bertz CT molecular complexity index is 540. The van der Waals surface area contributed by atoms with E-state index in [4.69, 9.17) is 16.3 Å². The number of amides is 1. The third-order valence-electron chi connectivity index (χ3n) is 3.22. The van der Waals surface area contributed by atoms with Crippen LogP contribution in [0.2, 0.25) is 5.02 Å². The molecular weight excluding hydrogens is 278 g/mol. The van der Waals surface area contributed by atoms with E-state index in [9.17, 15) is 9.90 Å². The molecule has 0 saturated carbocycles. The van der Waals surface area contributed by atoms with Gasteiger partial charge in [-0.15, -0.1) is 0 Å². The number of carbonyl (C=O) groups is 1. The topological polar surface area (TPSA) is 58.6 Å². The Labute approximate surface area is 123 Å². The van der Waals surface area contributed by atoms with Crippen LogP contribution in [0.25, 0.3) is 6.08 Å². The lowest BCUT2D eigenvalue weighted by Crippen LogP contribution is -2.36. The SMILES string of the molecule is CC(C)C(O)CNC(=O)C1=Cc2cc(Cl)ccc2OC1. The molecule has 0 aliphatic carbocycles. The quantitative estimate of drug-likeness (QED) is 0.896. The summed E-state index contributed by atoms with van der Waals surface area (Å²) < 4.78 is 5.52. The molecule has 1 aliphatic rings. The molecule has 0 aromatic heterocycles. The van der Waals surface area contributed by atoms with Gasteiger partial charge < -0.3 is 15.2 Å². The Morgan fingerprint density at radius 2 is 2.25 bits per heavy atom. The van der Waals surface area contributed by atoms with Crippen molar-refractivity contribution < 1.29 is 14.6 Å². The molecule has 2 N–H and O–H groups in total. The number of hydrogen-bond donors (Lipinski definition) is 2. The van der Waals surface area contributed by atoms with Crippen molar-refractivity contribution in [1.29, 1.82) is 0 Å². The zero-order valence-electron chi connectivity index (χ0n) is 11.5. The van der Waals surface area contributed by atoms with Crippen LogP contribution in [0, 0.1) is 5.92 Å². The third kappa shape index (κ3) is 3.52. The van der Waals surface area contributed by atoms with E-state index in [0.717, 1.165) is 5.56 Å². The maximum absolute atomic E-state index is 12.0. The Hall–Kier alpha value is -1.52. The smallest absolute Gasteiger partial charge is 0.250 e. The van der Waals surface area contributed by atoms with Crippen LogP contribution in [-0.4, -0.2) is 30.3 Å². The first-order valence-electron chi connectivity index (χ1n) is 6.56. The van der Waals surface area contributed by atoms with Gasteiger partial charge >= 0.3 is 0 Å². The standard InChI is InChI=1S/C15H18ClNO3/c1-9(2)13(18)7-17-15(19)11-5-10-6-12(16)3-4-14(10)20-8-11/h3-6,9,13,18H,7-8H2,1-2H3,(H,17,19). The number of aliphatic hydroxyl groups is 1. The summed E-state index contributed by atoms with van der Waals surface area (Å²) in [5.74, 6) is 0.593. The van der Waals surface area contributed by atoms with Crippen molar-refractivity contribution in [2.45, 2.75) is 20.0 Å². The number of hydrogen-bond acceptors (Lipinski definition) is 3. The van der Waals surface area contributed by atoms with Crippen molar-refractivity contribution in [3.63, 3.8) is 0 Å². The van der Waals surface area contributed by atoms with Gasteiger partial charge in [0.1, 0.15) is 12.4 Å². The van der Waals surface area contributed by atoms with Crippen molar-refractivity contribution in [3.8, 4) is 5.75 Å². The molecule has 1 aromatic rings. The fourth-order valence-electron chi connectivity index (χ4n) is 1.83. The number of halogens is 1. The molecule has 20 heavy (non-hydrogen) atoms. The lowest BCUT2D eigenvalue weighted by Gasteiger charge is -2.19. The Morgan fingerprint density at radius 3 is 2.95 bits per heavy atom. The van der Waals surface area contributed by atoms with Crippen LogP contribution < -0.4 is 10.1 Å². The van der Waals surface area contributed by atoms with Gasteiger partial charge in [0.25, 0.3) is 5.91 Å². The molecule has 1 amide bonds. The summed E-state index contributed by atoms with van der Waals surface area (Å²) in [6.45, 7) is 4.25. The minimum Gasteiger partial charge on any atom is -0.488 e. The number of aliphatic hydroxyl groups excluding tert-OH is 1. The molecular formula is C15H18ClNO3. The lowest BCUT2D eigenvalue weighted by atomic mass is 10.1. The van der Waals surface area contributed by atoms with E-state index < -0.39 is 6.10 Å². The van der Waals surface area contributed by atoms with Crippen LogP contribution in [0.15, 0.2) is 23.8 Å². The third-order valence-corrected chi connectivity index (χ3v) is 3.45. The number of benzene rings is 1. The van der Waals surface area contributed by atoms with Gasteiger partial charge in [0.05, 0.1) is 11.7 Å². The minimum atomic E-state index is -0.550. The van der Waals surface area contributed by atoms with Gasteiger partial charge in [-0.2, -0.15) is 0 Å². The molecule has 1 aromatic carbocycles. The Kier molecular flexibility index (Phi) is 4.68. The summed E-state index contributed by atoms with van der Waals surface area (Å²) in [4.78, 5) is 12.0. The van der Waals surface area contributed by atoms with E-state index in [1.807, 2.05) is 13.8 Å². The Morgan fingerprint density at radius 1 is 1.50 bits per heavy atom. The summed E-state index contributed by atoms with van der Waals surface area (Å²) in [6, 6.07) is 5.29. The van der Waals surface area contributed by atoms with E-state index in [-0.39, 0.29) is 25.0 Å².